The van der Waals surface area contributed by atoms with E-state index in [1.165, 1.54) is 7.11 Å². The van der Waals surface area contributed by atoms with Gasteiger partial charge in [0.25, 0.3) is 0 Å². The summed E-state index contributed by atoms with van der Waals surface area (Å²) < 4.78 is 20.7. The van der Waals surface area contributed by atoms with Crippen molar-refractivity contribution in [3.63, 3.8) is 0 Å². The molecular formula is C15H16O5. The Hall–Kier alpha value is -2.27. The standard InChI is InChI=1S/C15H16O5/c1-10-4-6-12(14(8-10)18-3)20-15(16)13-7-5-11(19-13)9-17-2/h4-8H,9H2,1-3H3. The Morgan fingerprint density at radius 1 is 1.15 bits per heavy atom. The molecule has 0 amide bonds. The molecule has 2 aromatic rings. The largest absolute Gasteiger partial charge is 0.493 e. The molecule has 2 rings (SSSR count). The zero-order chi connectivity index (χ0) is 14.5. The lowest BCUT2D eigenvalue weighted by Gasteiger charge is -2.08. The van der Waals surface area contributed by atoms with Gasteiger partial charge in [-0.25, -0.2) is 4.79 Å². The van der Waals surface area contributed by atoms with Crippen LogP contribution in [-0.4, -0.2) is 20.2 Å². The summed E-state index contributed by atoms with van der Waals surface area (Å²) in [4.78, 5) is 12.0. The van der Waals surface area contributed by atoms with Gasteiger partial charge >= 0.3 is 5.97 Å². The molecule has 0 unspecified atom stereocenters. The van der Waals surface area contributed by atoms with Gasteiger partial charge in [-0.15, -0.1) is 0 Å². The second-order valence-corrected chi connectivity index (χ2v) is 4.24. The van der Waals surface area contributed by atoms with Crippen molar-refractivity contribution < 1.29 is 23.4 Å². The van der Waals surface area contributed by atoms with Gasteiger partial charge in [-0.1, -0.05) is 6.07 Å². The Labute approximate surface area is 117 Å². The van der Waals surface area contributed by atoms with Gasteiger partial charge in [0.15, 0.2) is 11.5 Å². The van der Waals surface area contributed by atoms with Crippen LogP contribution in [0.4, 0.5) is 0 Å². The van der Waals surface area contributed by atoms with E-state index in [9.17, 15) is 4.79 Å². The van der Waals surface area contributed by atoms with E-state index < -0.39 is 5.97 Å². The summed E-state index contributed by atoms with van der Waals surface area (Å²) in [7, 11) is 3.08. The summed E-state index contributed by atoms with van der Waals surface area (Å²) >= 11 is 0. The van der Waals surface area contributed by atoms with Crippen LogP contribution in [-0.2, 0) is 11.3 Å². The molecular weight excluding hydrogens is 260 g/mol. The minimum atomic E-state index is -0.575. The van der Waals surface area contributed by atoms with E-state index in [1.807, 2.05) is 13.0 Å². The van der Waals surface area contributed by atoms with Crippen LogP contribution in [0.1, 0.15) is 21.9 Å². The zero-order valence-electron chi connectivity index (χ0n) is 11.6. The predicted octanol–water partition coefficient (Wildman–Crippen LogP) is 2.96. The maximum Gasteiger partial charge on any atom is 0.379 e. The number of ether oxygens (including phenoxy) is 3. The monoisotopic (exact) mass is 276 g/mol. The number of esters is 1. The first kappa shape index (κ1) is 14.1. The van der Waals surface area contributed by atoms with Crippen LogP contribution in [0.5, 0.6) is 11.5 Å². The number of rotatable bonds is 5. The summed E-state index contributed by atoms with van der Waals surface area (Å²) in [6.07, 6.45) is 0. The Morgan fingerprint density at radius 2 is 1.95 bits per heavy atom. The fraction of sp³-hybridized carbons (Fsp3) is 0.267. The number of carbonyl (C=O) groups is 1. The van der Waals surface area contributed by atoms with E-state index in [0.717, 1.165) is 5.56 Å². The molecule has 0 radical (unpaired) electrons. The first-order chi connectivity index (χ1) is 9.63. The molecule has 0 spiro atoms. The van der Waals surface area contributed by atoms with E-state index in [-0.39, 0.29) is 5.76 Å². The number of methoxy groups -OCH3 is 2. The number of aryl methyl sites for hydroxylation is 1. The van der Waals surface area contributed by atoms with Gasteiger partial charge in [0.05, 0.1) is 7.11 Å². The lowest BCUT2D eigenvalue weighted by atomic mass is 10.2. The summed E-state index contributed by atoms with van der Waals surface area (Å²) in [6, 6.07) is 8.54. The molecule has 0 aliphatic carbocycles. The minimum Gasteiger partial charge on any atom is -0.493 e. The molecule has 5 heteroatoms. The molecule has 0 saturated carbocycles. The van der Waals surface area contributed by atoms with Gasteiger partial charge in [0, 0.05) is 7.11 Å². The minimum absolute atomic E-state index is 0.125. The normalized spacial score (nSPS) is 10.3. The van der Waals surface area contributed by atoms with Gasteiger partial charge < -0.3 is 18.6 Å². The van der Waals surface area contributed by atoms with Crippen LogP contribution in [0.15, 0.2) is 34.7 Å². The fourth-order valence-electron chi connectivity index (χ4n) is 1.72. The molecule has 0 saturated heterocycles. The first-order valence-electron chi connectivity index (χ1n) is 6.08. The lowest BCUT2D eigenvalue weighted by molar-refractivity contribution is 0.0688. The van der Waals surface area contributed by atoms with Gasteiger partial charge in [-0.3, -0.25) is 0 Å². The Morgan fingerprint density at radius 3 is 2.65 bits per heavy atom. The van der Waals surface area contributed by atoms with Crippen LogP contribution < -0.4 is 9.47 Å². The number of hydrogen-bond donors (Lipinski definition) is 0. The molecule has 5 nitrogen and oxygen atoms in total. The average molecular weight is 276 g/mol. The van der Waals surface area contributed by atoms with Crippen LogP contribution in [0, 0.1) is 6.92 Å². The molecule has 1 heterocycles. The Balaban J connectivity index is 2.14. The highest BCUT2D eigenvalue weighted by molar-refractivity contribution is 5.88. The Bertz CT molecular complexity index is 600. The van der Waals surface area contributed by atoms with Crippen molar-refractivity contribution in [3.05, 3.63) is 47.4 Å². The van der Waals surface area contributed by atoms with Crippen molar-refractivity contribution in [2.45, 2.75) is 13.5 Å². The van der Waals surface area contributed by atoms with Crippen LogP contribution >= 0.6 is 0 Å². The van der Waals surface area contributed by atoms with Crippen molar-refractivity contribution in [3.8, 4) is 11.5 Å². The summed E-state index contributed by atoms with van der Waals surface area (Å²) in [5, 5.41) is 0. The summed E-state index contributed by atoms with van der Waals surface area (Å²) in [5.41, 5.74) is 1.02. The average Bonchev–Trinajstić information content (AvgIpc) is 2.90. The smallest absolute Gasteiger partial charge is 0.379 e. The molecule has 0 aliphatic rings. The van der Waals surface area contributed by atoms with E-state index in [2.05, 4.69) is 0 Å². The van der Waals surface area contributed by atoms with Crippen molar-refractivity contribution in [2.75, 3.05) is 14.2 Å². The third-order valence-corrected chi connectivity index (χ3v) is 2.67. The van der Waals surface area contributed by atoms with E-state index in [0.29, 0.717) is 23.9 Å². The lowest BCUT2D eigenvalue weighted by Crippen LogP contribution is -2.08. The molecule has 20 heavy (non-hydrogen) atoms. The third-order valence-electron chi connectivity index (χ3n) is 2.67. The zero-order valence-corrected chi connectivity index (χ0v) is 11.6. The number of hydrogen-bond acceptors (Lipinski definition) is 5. The highest BCUT2D eigenvalue weighted by atomic mass is 16.6. The van der Waals surface area contributed by atoms with Gasteiger partial charge in [-0.2, -0.15) is 0 Å². The second kappa shape index (κ2) is 6.25. The first-order valence-corrected chi connectivity index (χ1v) is 6.08. The topological polar surface area (TPSA) is 57.9 Å². The quantitative estimate of drug-likeness (QED) is 0.620. The fourth-order valence-corrected chi connectivity index (χ4v) is 1.72. The van der Waals surface area contributed by atoms with E-state index in [1.54, 1.807) is 31.4 Å². The third kappa shape index (κ3) is 3.19. The molecule has 1 aromatic heterocycles. The molecule has 0 aliphatic heterocycles. The maximum absolute atomic E-state index is 12.0. The molecule has 0 bridgehead atoms. The highest BCUT2D eigenvalue weighted by Gasteiger charge is 2.16. The maximum atomic E-state index is 12.0. The van der Waals surface area contributed by atoms with Gasteiger partial charge in [0.2, 0.25) is 5.76 Å². The molecule has 1 aromatic carbocycles. The second-order valence-electron chi connectivity index (χ2n) is 4.24. The Kier molecular flexibility index (Phi) is 4.42. The van der Waals surface area contributed by atoms with Gasteiger partial charge in [-0.05, 0) is 36.8 Å². The number of furan rings is 1. The van der Waals surface area contributed by atoms with Crippen LogP contribution in [0.2, 0.25) is 0 Å². The molecule has 0 N–H and O–H groups in total. The predicted molar refractivity (Wildman–Crippen MR) is 72.1 cm³/mol. The van der Waals surface area contributed by atoms with Crippen molar-refractivity contribution >= 4 is 5.97 Å². The summed E-state index contributed by atoms with van der Waals surface area (Å²) in [5.74, 6) is 0.972. The van der Waals surface area contributed by atoms with Crippen LogP contribution in [0.25, 0.3) is 0 Å². The number of benzene rings is 1. The molecule has 106 valence electrons. The number of carbonyl (C=O) groups excluding carboxylic acids is 1. The van der Waals surface area contributed by atoms with E-state index >= 15 is 0 Å². The van der Waals surface area contributed by atoms with Crippen LogP contribution in [0.3, 0.4) is 0 Å². The van der Waals surface area contributed by atoms with E-state index in [4.69, 9.17) is 18.6 Å². The van der Waals surface area contributed by atoms with Crippen molar-refractivity contribution in [2.24, 2.45) is 0 Å². The SMILES string of the molecule is COCc1ccc(C(=O)Oc2ccc(C)cc2OC)o1. The molecule has 0 atom stereocenters. The molecule has 0 fully saturated rings. The van der Waals surface area contributed by atoms with Crippen molar-refractivity contribution in [1.82, 2.24) is 0 Å². The highest BCUT2D eigenvalue weighted by Crippen LogP contribution is 2.28. The van der Waals surface area contributed by atoms with Crippen molar-refractivity contribution in [1.29, 1.82) is 0 Å². The van der Waals surface area contributed by atoms with Gasteiger partial charge in [0.1, 0.15) is 12.4 Å². The summed E-state index contributed by atoms with van der Waals surface area (Å²) in [6.45, 7) is 2.23.